The van der Waals surface area contributed by atoms with Gasteiger partial charge < -0.3 is 4.98 Å². The van der Waals surface area contributed by atoms with Crippen LogP contribution in [0, 0.1) is 0 Å². The van der Waals surface area contributed by atoms with Crippen molar-refractivity contribution < 1.29 is 2.74 Å². The summed E-state index contributed by atoms with van der Waals surface area (Å²) in [6.07, 6.45) is 0.00810. The Morgan fingerprint density at radius 2 is 3.00 bits per heavy atom. The normalized spacial score (nSPS) is 13.5. The van der Waals surface area contributed by atoms with Crippen LogP contribution in [0.5, 0.6) is 0 Å². The lowest BCUT2D eigenvalue weighted by Gasteiger charge is -1.65. The smallest absolute Gasteiger partial charge is 0.174 e. The minimum atomic E-state index is -0.0307. The Morgan fingerprint density at radius 3 is 3.17 bits per heavy atom. The molecule has 0 saturated carbocycles. The number of aromatic amines is 1. The van der Waals surface area contributed by atoms with Crippen LogP contribution in [0.3, 0.4) is 0 Å². The molecular formula is C3H3BrN2. The molecule has 0 aliphatic carbocycles. The SMILES string of the molecule is [2H]c1nc(Br)[nH]c1[2H]. The minimum absolute atomic E-state index is 0.0307. The van der Waals surface area contributed by atoms with Gasteiger partial charge in [-0.25, -0.2) is 4.98 Å². The first kappa shape index (κ1) is 2.12. The van der Waals surface area contributed by atoms with Gasteiger partial charge in [0.05, 0.1) is 2.74 Å². The topological polar surface area (TPSA) is 28.7 Å². The van der Waals surface area contributed by atoms with Gasteiger partial charge in [0, 0.05) is 12.3 Å². The fourth-order valence-corrected chi connectivity index (χ4v) is 0.372. The highest BCUT2D eigenvalue weighted by Crippen LogP contribution is 1.95. The fourth-order valence-electron chi connectivity index (χ4n) is 0.185. The van der Waals surface area contributed by atoms with E-state index in [1.807, 2.05) is 0 Å². The third-order valence-corrected chi connectivity index (χ3v) is 0.751. The van der Waals surface area contributed by atoms with Crippen molar-refractivity contribution >= 4 is 15.9 Å². The minimum Gasteiger partial charge on any atom is -0.339 e. The van der Waals surface area contributed by atoms with Crippen molar-refractivity contribution in [1.29, 1.82) is 0 Å². The largest absolute Gasteiger partial charge is 0.339 e. The average molecular weight is 149 g/mol. The molecule has 0 atom stereocenters. The zero-order valence-electron chi connectivity index (χ0n) is 4.83. The van der Waals surface area contributed by atoms with Crippen molar-refractivity contribution in [3.8, 4) is 0 Å². The molecule has 0 fully saturated rings. The second-order valence-corrected chi connectivity index (χ2v) is 1.52. The summed E-state index contributed by atoms with van der Waals surface area (Å²) < 4.78 is 14.2. The second kappa shape index (κ2) is 1.43. The summed E-state index contributed by atoms with van der Waals surface area (Å²) in [5, 5.41) is 0. The predicted molar refractivity (Wildman–Crippen MR) is 26.3 cm³/mol. The van der Waals surface area contributed by atoms with Crippen LogP contribution < -0.4 is 0 Å². The van der Waals surface area contributed by atoms with Gasteiger partial charge in [0.2, 0.25) is 0 Å². The Hall–Kier alpha value is -0.310. The van der Waals surface area contributed by atoms with Crippen molar-refractivity contribution in [3.63, 3.8) is 0 Å². The van der Waals surface area contributed by atoms with E-state index in [4.69, 9.17) is 2.74 Å². The summed E-state index contributed by atoms with van der Waals surface area (Å²) in [7, 11) is 0. The van der Waals surface area contributed by atoms with Gasteiger partial charge in [-0.3, -0.25) is 0 Å². The van der Waals surface area contributed by atoms with E-state index in [9.17, 15) is 0 Å². The average Bonchev–Trinajstić information content (AvgIpc) is 1.85. The molecule has 0 amide bonds. The van der Waals surface area contributed by atoms with Crippen LogP contribution in [-0.4, -0.2) is 9.97 Å². The standard InChI is InChI=1S/C3H3BrN2/c4-3-5-1-2-6-3/h1-2H,(H,5,6)/i1D,2D. The van der Waals surface area contributed by atoms with Crippen LogP contribution in [0.15, 0.2) is 17.1 Å². The zero-order chi connectivity index (χ0) is 6.15. The number of aromatic nitrogens is 2. The number of hydrogen-bond donors (Lipinski definition) is 1. The molecule has 32 valence electrons. The summed E-state index contributed by atoms with van der Waals surface area (Å²) in [6, 6.07) is 0. The van der Waals surface area contributed by atoms with E-state index in [0.717, 1.165) is 0 Å². The third kappa shape index (κ3) is 0.597. The molecule has 3 heteroatoms. The van der Waals surface area contributed by atoms with Gasteiger partial charge in [0.25, 0.3) is 0 Å². The first-order valence-electron chi connectivity index (χ1n) is 2.39. The van der Waals surface area contributed by atoms with E-state index in [0.29, 0.717) is 4.73 Å². The van der Waals surface area contributed by atoms with Crippen molar-refractivity contribution in [2.75, 3.05) is 0 Å². The van der Waals surface area contributed by atoms with Crippen LogP contribution >= 0.6 is 15.9 Å². The molecule has 1 heterocycles. The Kier molecular flexibility index (Phi) is 0.503. The quantitative estimate of drug-likeness (QED) is 0.589. The highest BCUT2D eigenvalue weighted by atomic mass is 79.9. The first-order chi connectivity index (χ1) is 3.70. The van der Waals surface area contributed by atoms with Crippen molar-refractivity contribution in [3.05, 3.63) is 17.1 Å². The molecule has 0 aliphatic heterocycles. The molecule has 1 aromatic rings. The van der Waals surface area contributed by atoms with E-state index in [2.05, 4.69) is 25.9 Å². The molecule has 1 N–H and O–H groups in total. The van der Waals surface area contributed by atoms with Gasteiger partial charge in [0.15, 0.2) is 4.73 Å². The predicted octanol–water partition coefficient (Wildman–Crippen LogP) is 1.17. The van der Waals surface area contributed by atoms with E-state index >= 15 is 0 Å². The highest BCUT2D eigenvalue weighted by Gasteiger charge is 1.76. The van der Waals surface area contributed by atoms with E-state index in [-0.39, 0.29) is 12.3 Å². The summed E-state index contributed by atoms with van der Waals surface area (Å²) in [5.74, 6) is 0. The lowest BCUT2D eigenvalue weighted by Crippen LogP contribution is -1.57. The van der Waals surface area contributed by atoms with Crippen LogP contribution in [0.25, 0.3) is 0 Å². The summed E-state index contributed by atoms with van der Waals surface area (Å²) in [4.78, 5) is 6.04. The Balaban J connectivity index is 3.14. The first-order valence-corrected chi connectivity index (χ1v) is 2.18. The van der Waals surface area contributed by atoms with Gasteiger partial charge >= 0.3 is 0 Å². The van der Waals surface area contributed by atoms with Gasteiger partial charge in [-0.15, -0.1) is 0 Å². The van der Waals surface area contributed by atoms with Crippen molar-refractivity contribution in [2.45, 2.75) is 0 Å². The number of imidazole rings is 1. The van der Waals surface area contributed by atoms with E-state index in [1.54, 1.807) is 0 Å². The Labute approximate surface area is 46.5 Å². The molecule has 1 rings (SSSR count). The summed E-state index contributed by atoms with van der Waals surface area (Å²) >= 11 is 2.98. The van der Waals surface area contributed by atoms with Gasteiger partial charge in [-0.1, -0.05) is 0 Å². The maximum atomic E-state index is 6.90. The monoisotopic (exact) mass is 148 g/mol. The zero-order valence-corrected chi connectivity index (χ0v) is 4.41. The van der Waals surface area contributed by atoms with Gasteiger partial charge in [-0.2, -0.15) is 0 Å². The second-order valence-electron chi connectivity index (χ2n) is 0.764. The number of nitrogens with one attached hydrogen (secondary N) is 1. The van der Waals surface area contributed by atoms with Crippen LogP contribution in [0.2, 0.25) is 0 Å². The van der Waals surface area contributed by atoms with E-state index < -0.39 is 0 Å². The van der Waals surface area contributed by atoms with Crippen LogP contribution in [-0.2, 0) is 0 Å². The number of hydrogen-bond acceptors (Lipinski definition) is 1. The molecule has 0 saturated heterocycles. The maximum Gasteiger partial charge on any atom is 0.174 e. The number of nitrogens with zero attached hydrogens (tertiary/aromatic N) is 1. The summed E-state index contributed by atoms with van der Waals surface area (Å²) in [6.45, 7) is 0. The molecule has 0 radical (unpaired) electrons. The van der Waals surface area contributed by atoms with Crippen LogP contribution in [0.4, 0.5) is 0 Å². The number of rotatable bonds is 0. The molecule has 6 heavy (non-hydrogen) atoms. The molecule has 0 aliphatic rings. The van der Waals surface area contributed by atoms with Gasteiger partial charge in [-0.05, 0) is 15.9 Å². The molecule has 1 aromatic heterocycles. The van der Waals surface area contributed by atoms with Gasteiger partial charge in [0.1, 0.15) is 0 Å². The molecule has 0 aromatic carbocycles. The lowest BCUT2D eigenvalue weighted by atomic mass is 11.0. The van der Waals surface area contributed by atoms with Crippen molar-refractivity contribution in [1.82, 2.24) is 9.97 Å². The highest BCUT2D eigenvalue weighted by molar-refractivity contribution is 9.10. The lowest BCUT2D eigenvalue weighted by molar-refractivity contribution is 1.24. The molecule has 0 unspecified atom stereocenters. The number of H-pyrrole nitrogens is 1. The third-order valence-electron chi connectivity index (χ3n) is 0.376. The maximum absolute atomic E-state index is 6.90. The van der Waals surface area contributed by atoms with Crippen LogP contribution in [0.1, 0.15) is 2.74 Å². The van der Waals surface area contributed by atoms with E-state index in [1.165, 1.54) is 0 Å². The Bertz CT molecular complexity index is 178. The molecular weight excluding hydrogens is 144 g/mol. The fraction of sp³-hybridized carbons (Fsp3) is 0. The number of halogens is 1. The molecule has 0 spiro atoms. The van der Waals surface area contributed by atoms with Crippen molar-refractivity contribution in [2.24, 2.45) is 0 Å². The molecule has 0 bridgehead atoms. The summed E-state index contributed by atoms with van der Waals surface area (Å²) in [5.41, 5.74) is 0. The Morgan fingerprint density at radius 1 is 2.17 bits per heavy atom. The molecule has 2 nitrogen and oxygen atoms in total.